The molecule has 1 aromatic heterocycles. The SMILES string of the molecule is O=C(Cc1csc(CNC(=O)OCC2c3ccccc3-c3ccccc32)n1)NC1CC(C(=O)O)C1. The number of rotatable bonds is 8. The molecule has 1 fully saturated rings. The van der Waals surface area contributed by atoms with Gasteiger partial charge in [-0.15, -0.1) is 11.3 Å². The Balaban J connectivity index is 1.08. The third-order valence-corrected chi connectivity index (χ3v) is 7.42. The maximum absolute atomic E-state index is 12.4. The van der Waals surface area contributed by atoms with E-state index in [1.807, 2.05) is 24.3 Å². The Kier molecular flexibility index (Phi) is 6.50. The van der Waals surface area contributed by atoms with Gasteiger partial charge in [0.2, 0.25) is 5.91 Å². The molecule has 5 rings (SSSR count). The summed E-state index contributed by atoms with van der Waals surface area (Å²) in [6.07, 6.45) is 0.538. The Hall–Kier alpha value is -3.72. The number of alkyl carbamates (subject to hydrolysis) is 1. The van der Waals surface area contributed by atoms with Crippen LogP contribution in [0.1, 0.15) is 40.6 Å². The van der Waals surface area contributed by atoms with Crippen LogP contribution in [0, 0.1) is 5.92 Å². The first-order chi connectivity index (χ1) is 17.0. The number of nitrogens with zero attached hydrogens (tertiary/aromatic N) is 1. The molecule has 2 aliphatic carbocycles. The first kappa shape index (κ1) is 23.0. The van der Waals surface area contributed by atoms with Gasteiger partial charge in [0.25, 0.3) is 0 Å². The van der Waals surface area contributed by atoms with Crippen LogP contribution in [-0.4, -0.2) is 40.7 Å². The molecule has 2 aromatic carbocycles. The third kappa shape index (κ3) is 5.05. The minimum absolute atomic E-state index is 0.000395. The zero-order valence-electron chi connectivity index (χ0n) is 18.9. The number of carbonyl (C=O) groups is 3. The number of ether oxygens (including phenoxy) is 1. The number of carboxylic acids is 1. The molecular weight excluding hydrogens is 466 g/mol. The molecule has 0 atom stereocenters. The average molecular weight is 492 g/mol. The molecule has 0 radical (unpaired) electrons. The first-order valence-electron chi connectivity index (χ1n) is 11.5. The molecule has 180 valence electrons. The van der Waals surface area contributed by atoms with Gasteiger partial charge in [-0.3, -0.25) is 9.59 Å². The topological polar surface area (TPSA) is 118 Å². The van der Waals surface area contributed by atoms with Crippen molar-refractivity contribution in [1.82, 2.24) is 15.6 Å². The van der Waals surface area contributed by atoms with Crippen LogP contribution >= 0.6 is 11.3 Å². The molecule has 3 aromatic rings. The van der Waals surface area contributed by atoms with Crippen molar-refractivity contribution in [2.24, 2.45) is 5.92 Å². The summed E-state index contributed by atoms with van der Waals surface area (Å²) in [7, 11) is 0. The third-order valence-electron chi connectivity index (χ3n) is 6.52. The average Bonchev–Trinajstić information content (AvgIpc) is 3.40. The number of hydrogen-bond donors (Lipinski definition) is 3. The number of aliphatic carboxylic acids is 1. The van der Waals surface area contributed by atoms with Crippen molar-refractivity contribution in [3.63, 3.8) is 0 Å². The van der Waals surface area contributed by atoms with Crippen LogP contribution in [0.4, 0.5) is 4.79 Å². The quantitative estimate of drug-likeness (QED) is 0.442. The molecule has 8 nitrogen and oxygen atoms in total. The lowest BCUT2D eigenvalue weighted by atomic mass is 9.80. The number of hydrogen-bond acceptors (Lipinski definition) is 6. The highest BCUT2D eigenvalue weighted by Gasteiger charge is 2.35. The standard InChI is InChI=1S/C26H25N3O5S/c30-23(28-16-9-15(10-16)25(31)32)11-17-14-35-24(29-17)12-27-26(33)34-13-22-20-7-3-1-5-18(20)19-6-2-4-8-21(19)22/h1-8,14-16,22H,9-13H2,(H,27,33)(H,28,30)(H,31,32). The van der Waals surface area contributed by atoms with Crippen LogP contribution in [0.25, 0.3) is 11.1 Å². The van der Waals surface area contributed by atoms with Gasteiger partial charge in [-0.25, -0.2) is 9.78 Å². The van der Waals surface area contributed by atoms with E-state index in [9.17, 15) is 14.4 Å². The van der Waals surface area contributed by atoms with E-state index in [0.29, 0.717) is 23.5 Å². The molecule has 0 bridgehead atoms. The summed E-state index contributed by atoms with van der Waals surface area (Å²) < 4.78 is 5.54. The largest absolute Gasteiger partial charge is 0.481 e. The van der Waals surface area contributed by atoms with E-state index in [1.54, 1.807) is 5.38 Å². The molecule has 0 saturated heterocycles. The lowest BCUT2D eigenvalue weighted by Crippen LogP contribution is -2.47. The molecule has 35 heavy (non-hydrogen) atoms. The summed E-state index contributed by atoms with van der Waals surface area (Å²) in [6, 6.07) is 16.3. The number of aromatic nitrogens is 1. The second kappa shape index (κ2) is 9.87. The van der Waals surface area contributed by atoms with Crippen LogP contribution in [0.5, 0.6) is 0 Å². The van der Waals surface area contributed by atoms with Crippen LogP contribution < -0.4 is 10.6 Å². The Morgan fingerprint density at radius 2 is 1.69 bits per heavy atom. The second-order valence-electron chi connectivity index (χ2n) is 8.86. The second-order valence-corrected chi connectivity index (χ2v) is 9.80. The molecule has 0 aliphatic heterocycles. The highest BCUT2D eigenvalue weighted by Crippen LogP contribution is 2.44. The van der Waals surface area contributed by atoms with Gasteiger partial charge in [0.15, 0.2) is 0 Å². The van der Waals surface area contributed by atoms with Gasteiger partial charge in [-0.2, -0.15) is 0 Å². The fourth-order valence-electron chi connectivity index (χ4n) is 4.69. The summed E-state index contributed by atoms with van der Waals surface area (Å²) in [4.78, 5) is 39.8. The van der Waals surface area contributed by atoms with E-state index in [-0.39, 0.29) is 43.4 Å². The zero-order valence-corrected chi connectivity index (χ0v) is 19.7. The van der Waals surface area contributed by atoms with Crippen LogP contribution in [0.3, 0.4) is 0 Å². The van der Waals surface area contributed by atoms with Crippen LogP contribution in [0.2, 0.25) is 0 Å². The van der Waals surface area contributed by atoms with Crippen molar-refractivity contribution >= 4 is 29.3 Å². The van der Waals surface area contributed by atoms with E-state index in [0.717, 1.165) is 11.1 Å². The van der Waals surface area contributed by atoms with E-state index in [2.05, 4.69) is 39.9 Å². The number of fused-ring (bicyclic) bond motifs is 3. The number of benzene rings is 2. The predicted octanol–water partition coefficient (Wildman–Crippen LogP) is 3.70. The van der Waals surface area contributed by atoms with E-state index < -0.39 is 12.1 Å². The number of nitrogens with one attached hydrogen (secondary N) is 2. The van der Waals surface area contributed by atoms with Crippen LogP contribution in [-0.2, 0) is 27.3 Å². The van der Waals surface area contributed by atoms with Crippen molar-refractivity contribution in [3.8, 4) is 11.1 Å². The maximum Gasteiger partial charge on any atom is 0.407 e. The van der Waals surface area contributed by atoms with Gasteiger partial charge in [0, 0.05) is 17.3 Å². The Morgan fingerprint density at radius 1 is 1.03 bits per heavy atom. The number of carboxylic acid groups (broad SMARTS) is 1. The Morgan fingerprint density at radius 3 is 2.34 bits per heavy atom. The van der Waals surface area contributed by atoms with E-state index in [1.165, 1.54) is 22.5 Å². The number of amides is 2. The number of carbonyl (C=O) groups excluding carboxylic acids is 2. The van der Waals surface area contributed by atoms with Crippen molar-refractivity contribution in [3.05, 3.63) is 75.7 Å². The molecule has 9 heteroatoms. The fraction of sp³-hybridized carbons (Fsp3) is 0.308. The summed E-state index contributed by atoms with van der Waals surface area (Å²) >= 11 is 1.36. The van der Waals surface area contributed by atoms with Crippen molar-refractivity contribution in [1.29, 1.82) is 0 Å². The molecule has 1 saturated carbocycles. The molecule has 0 unspecified atom stereocenters. The summed E-state index contributed by atoms with van der Waals surface area (Å²) in [5.74, 6) is -1.36. The Labute approximate surface area is 206 Å². The highest BCUT2D eigenvalue weighted by atomic mass is 32.1. The van der Waals surface area contributed by atoms with E-state index in [4.69, 9.17) is 9.84 Å². The van der Waals surface area contributed by atoms with Crippen molar-refractivity contribution in [2.45, 2.75) is 37.8 Å². The normalized spacial score (nSPS) is 18.2. The lowest BCUT2D eigenvalue weighted by Gasteiger charge is -2.32. The van der Waals surface area contributed by atoms with Crippen molar-refractivity contribution < 1.29 is 24.2 Å². The van der Waals surface area contributed by atoms with Gasteiger partial charge >= 0.3 is 12.1 Å². The van der Waals surface area contributed by atoms with Gasteiger partial charge < -0.3 is 20.5 Å². The molecule has 1 heterocycles. The smallest absolute Gasteiger partial charge is 0.407 e. The Bertz CT molecular complexity index is 1220. The van der Waals surface area contributed by atoms with Gasteiger partial charge in [-0.1, -0.05) is 48.5 Å². The van der Waals surface area contributed by atoms with Gasteiger partial charge in [0.1, 0.15) is 11.6 Å². The maximum atomic E-state index is 12.4. The molecule has 2 aliphatic rings. The minimum atomic E-state index is -0.816. The molecule has 0 spiro atoms. The first-order valence-corrected chi connectivity index (χ1v) is 12.4. The molecular formula is C26H25N3O5S. The summed E-state index contributed by atoms with van der Waals surface area (Å²) in [5.41, 5.74) is 5.28. The summed E-state index contributed by atoms with van der Waals surface area (Å²) in [6.45, 7) is 0.457. The number of thiazole rings is 1. The molecule has 2 amide bonds. The predicted molar refractivity (Wildman–Crippen MR) is 130 cm³/mol. The lowest BCUT2D eigenvalue weighted by molar-refractivity contribution is -0.146. The van der Waals surface area contributed by atoms with Crippen molar-refractivity contribution in [2.75, 3.05) is 6.61 Å². The van der Waals surface area contributed by atoms with E-state index >= 15 is 0 Å². The fourth-order valence-corrected chi connectivity index (χ4v) is 5.42. The zero-order chi connectivity index (χ0) is 24.4. The van der Waals surface area contributed by atoms with Crippen LogP contribution in [0.15, 0.2) is 53.9 Å². The van der Waals surface area contributed by atoms with Gasteiger partial charge in [0.05, 0.1) is 24.6 Å². The molecule has 3 N–H and O–H groups in total. The highest BCUT2D eigenvalue weighted by molar-refractivity contribution is 7.09. The van der Waals surface area contributed by atoms with Gasteiger partial charge in [-0.05, 0) is 35.1 Å². The minimum Gasteiger partial charge on any atom is -0.481 e. The summed E-state index contributed by atoms with van der Waals surface area (Å²) in [5, 5.41) is 17.0. The monoisotopic (exact) mass is 491 g/mol.